The van der Waals surface area contributed by atoms with Crippen molar-refractivity contribution in [1.29, 1.82) is 0 Å². The molecule has 2 N–H and O–H groups in total. The molecule has 8 heteroatoms. The highest BCUT2D eigenvalue weighted by molar-refractivity contribution is 7.80. The Morgan fingerprint density at radius 1 is 1.00 bits per heavy atom. The van der Waals surface area contributed by atoms with Crippen molar-refractivity contribution in [3.05, 3.63) is 94.6 Å². The van der Waals surface area contributed by atoms with Gasteiger partial charge in [-0.2, -0.15) is 0 Å². The van der Waals surface area contributed by atoms with Gasteiger partial charge < -0.3 is 10.1 Å². The molecule has 0 aliphatic carbocycles. The first-order valence-corrected chi connectivity index (χ1v) is 11.7. The number of ether oxygens (including phenoxy) is 1. The second kappa shape index (κ2) is 10.5. The lowest BCUT2D eigenvalue weighted by Gasteiger charge is -2.29. The van der Waals surface area contributed by atoms with E-state index >= 15 is 0 Å². The van der Waals surface area contributed by atoms with Gasteiger partial charge in [0.05, 0.1) is 5.69 Å². The number of carbonyl (C=O) groups excluding carboxylic acids is 3. The summed E-state index contributed by atoms with van der Waals surface area (Å²) in [6.07, 6.45) is 1.47. The van der Waals surface area contributed by atoms with E-state index in [1.165, 1.54) is 11.0 Å². The zero-order chi connectivity index (χ0) is 25.8. The first-order chi connectivity index (χ1) is 17.2. The maximum atomic E-state index is 13.2. The third kappa shape index (κ3) is 5.67. The summed E-state index contributed by atoms with van der Waals surface area (Å²) in [6.45, 7) is 5.73. The zero-order valence-electron chi connectivity index (χ0n) is 20.1. The predicted molar refractivity (Wildman–Crippen MR) is 144 cm³/mol. The summed E-state index contributed by atoms with van der Waals surface area (Å²) < 4.78 is 5.64. The molecule has 1 fully saturated rings. The molecule has 7 nitrogen and oxygen atoms in total. The molecule has 3 amide bonds. The molecule has 3 aromatic rings. The van der Waals surface area contributed by atoms with Crippen molar-refractivity contribution in [3.8, 4) is 5.75 Å². The topological polar surface area (TPSA) is 87.7 Å². The summed E-state index contributed by atoms with van der Waals surface area (Å²) >= 11 is 5.24. The van der Waals surface area contributed by atoms with Crippen LogP contribution in [0.5, 0.6) is 5.75 Å². The Bertz CT molecular complexity index is 1400. The highest BCUT2D eigenvalue weighted by atomic mass is 32.1. The van der Waals surface area contributed by atoms with Crippen LogP contribution in [0.1, 0.15) is 22.3 Å². The van der Waals surface area contributed by atoms with Gasteiger partial charge in [-0.1, -0.05) is 35.9 Å². The summed E-state index contributed by atoms with van der Waals surface area (Å²) in [7, 11) is 0. The van der Waals surface area contributed by atoms with Gasteiger partial charge in [-0.15, -0.1) is 0 Å². The summed E-state index contributed by atoms with van der Waals surface area (Å²) in [5.74, 6) is -0.973. The third-order valence-corrected chi connectivity index (χ3v) is 6.01. The molecule has 1 saturated heterocycles. The van der Waals surface area contributed by atoms with Gasteiger partial charge in [-0.3, -0.25) is 24.6 Å². The van der Waals surface area contributed by atoms with Crippen LogP contribution in [0, 0.1) is 20.8 Å². The highest BCUT2D eigenvalue weighted by Gasteiger charge is 2.34. The zero-order valence-corrected chi connectivity index (χ0v) is 20.9. The molecule has 1 heterocycles. The molecule has 0 atom stereocenters. The Morgan fingerprint density at radius 2 is 1.75 bits per heavy atom. The SMILES string of the molecule is Cc1ccc(N2C(=O)/C(=C/c3cccc(OCC(=O)Nc4ccc(C)c(C)c4)c3)C(=O)NC2=S)cc1. The second-order valence-corrected chi connectivity index (χ2v) is 8.89. The van der Waals surface area contributed by atoms with Crippen LogP contribution in [-0.4, -0.2) is 29.4 Å². The van der Waals surface area contributed by atoms with Gasteiger partial charge in [-0.05, 0) is 92.2 Å². The quantitative estimate of drug-likeness (QED) is 0.297. The van der Waals surface area contributed by atoms with Gasteiger partial charge >= 0.3 is 0 Å². The molecule has 0 bridgehead atoms. The lowest BCUT2D eigenvalue weighted by molar-refractivity contribution is -0.122. The fourth-order valence-electron chi connectivity index (χ4n) is 3.61. The molecule has 36 heavy (non-hydrogen) atoms. The maximum absolute atomic E-state index is 13.2. The number of nitrogens with one attached hydrogen (secondary N) is 2. The van der Waals surface area contributed by atoms with Crippen LogP contribution in [0.25, 0.3) is 6.08 Å². The molecular formula is C28H25N3O4S. The monoisotopic (exact) mass is 499 g/mol. The Kier molecular flexibility index (Phi) is 7.26. The molecule has 1 aliphatic rings. The van der Waals surface area contributed by atoms with Crippen LogP contribution >= 0.6 is 12.2 Å². The van der Waals surface area contributed by atoms with Crippen molar-refractivity contribution in [1.82, 2.24) is 5.32 Å². The Balaban J connectivity index is 1.47. The maximum Gasteiger partial charge on any atom is 0.270 e. The minimum atomic E-state index is -0.576. The largest absolute Gasteiger partial charge is 0.484 e. The van der Waals surface area contributed by atoms with Crippen LogP contribution in [0.2, 0.25) is 0 Å². The lowest BCUT2D eigenvalue weighted by Crippen LogP contribution is -2.54. The number of nitrogens with zero attached hydrogens (tertiary/aromatic N) is 1. The Morgan fingerprint density at radius 3 is 2.47 bits per heavy atom. The van der Waals surface area contributed by atoms with E-state index in [2.05, 4.69) is 10.6 Å². The molecule has 3 aromatic carbocycles. The molecular weight excluding hydrogens is 474 g/mol. The van der Waals surface area contributed by atoms with Gasteiger partial charge in [0.25, 0.3) is 17.7 Å². The number of thiocarbonyl (C=S) groups is 1. The normalized spacial score (nSPS) is 14.6. The highest BCUT2D eigenvalue weighted by Crippen LogP contribution is 2.23. The van der Waals surface area contributed by atoms with Gasteiger partial charge in [0.1, 0.15) is 11.3 Å². The van der Waals surface area contributed by atoms with E-state index in [1.54, 1.807) is 36.4 Å². The summed E-state index contributed by atoms with van der Waals surface area (Å²) in [6, 6.07) is 19.7. The van der Waals surface area contributed by atoms with E-state index < -0.39 is 11.8 Å². The summed E-state index contributed by atoms with van der Waals surface area (Å²) in [5, 5.41) is 5.41. The van der Waals surface area contributed by atoms with E-state index in [9.17, 15) is 14.4 Å². The molecule has 182 valence electrons. The van der Waals surface area contributed by atoms with Crippen molar-refractivity contribution in [2.24, 2.45) is 0 Å². The van der Waals surface area contributed by atoms with Crippen LogP contribution < -0.4 is 20.3 Å². The van der Waals surface area contributed by atoms with E-state index in [-0.39, 0.29) is 23.2 Å². The lowest BCUT2D eigenvalue weighted by atomic mass is 10.1. The van der Waals surface area contributed by atoms with Crippen molar-refractivity contribution in [2.75, 3.05) is 16.8 Å². The van der Waals surface area contributed by atoms with Crippen LogP contribution in [-0.2, 0) is 14.4 Å². The van der Waals surface area contributed by atoms with E-state index in [4.69, 9.17) is 17.0 Å². The van der Waals surface area contributed by atoms with Crippen molar-refractivity contribution >= 4 is 52.5 Å². The molecule has 0 saturated carbocycles. The number of rotatable bonds is 6. The summed E-state index contributed by atoms with van der Waals surface area (Å²) in [5.41, 5.74) is 5.03. The van der Waals surface area contributed by atoms with Crippen molar-refractivity contribution < 1.29 is 19.1 Å². The van der Waals surface area contributed by atoms with Gasteiger partial charge in [-0.25, -0.2) is 0 Å². The fourth-order valence-corrected chi connectivity index (χ4v) is 3.89. The number of benzene rings is 3. The van der Waals surface area contributed by atoms with E-state index in [0.29, 0.717) is 22.7 Å². The van der Waals surface area contributed by atoms with Crippen LogP contribution in [0.3, 0.4) is 0 Å². The van der Waals surface area contributed by atoms with Crippen molar-refractivity contribution in [2.45, 2.75) is 20.8 Å². The molecule has 1 aliphatic heterocycles. The standard InChI is InChI=1S/C28H25N3O4S/c1-17-7-11-22(12-8-17)31-27(34)24(26(33)30-28(31)36)15-20-5-4-6-23(14-20)35-16-25(32)29-21-10-9-18(2)19(3)13-21/h4-15H,16H2,1-3H3,(H,29,32)(H,30,33,36)/b24-15+. The summed E-state index contributed by atoms with van der Waals surface area (Å²) in [4.78, 5) is 39.4. The molecule has 0 radical (unpaired) electrons. The number of hydrogen-bond donors (Lipinski definition) is 2. The number of amides is 3. The van der Waals surface area contributed by atoms with Gasteiger partial charge in [0.15, 0.2) is 11.7 Å². The number of hydrogen-bond acceptors (Lipinski definition) is 5. The first kappa shape index (κ1) is 24.8. The van der Waals surface area contributed by atoms with Gasteiger partial charge in [0.2, 0.25) is 0 Å². The Labute approximate surface area is 214 Å². The Hall–Kier alpha value is -4.30. The van der Waals surface area contributed by atoms with Crippen molar-refractivity contribution in [3.63, 3.8) is 0 Å². The molecule has 0 unspecified atom stereocenters. The second-order valence-electron chi connectivity index (χ2n) is 8.50. The fraction of sp³-hybridized carbons (Fsp3) is 0.143. The number of anilines is 2. The third-order valence-electron chi connectivity index (χ3n) is 5.72. The smallest absolute Gasteiger partial charge is 0.270 e. The minimum absolute atomic E-state index is 0.0258. The number of aryl methyl sites for hydroxylation is 3. The first-order valence-electron chi connectivity index (χ1n) is 11.3. The number of carbonyl (C=O) groups is 3. The molecule has 4 rings (SSSR count). The average Bonchev–Trinajstić information content (AvgIpc) is 2.84. The average molecular weight is 500 g/mol. The van der Waals surface area contributed by atoms with Crippen LogP contribution in [0.15, 0.2) is 72.3 Å². The molecule has 0 aromatic heterocycles. The van der Waals surface area contributed by atoms with Crippen LogP contribution in [0.4, 0.5) is 11.4 Å². The minimum Gasteiger partial charge on any atom is -0.484 e. The molecule has 0 spiro atoms. The predicted octanol–water partition coefficient (Wildman–Crippen LogP) is 4.46. The van der Waals surface area contributed by atoms with E-state index in [0.717, 1.165) is 16.7 Å². The van der Waals surface area contributed by atoms with E-state index in [1.807, 2.05) is 51.1 Å². The van der Waals surface area contributed by atoms with Gasteiger partial charge in [0, 0.05) is 5.69 Å².